The number of rotatable bonds is 5. The average Bonchev–Trinajstić information content (AvgIpc) is 3.24. The lowest BCUT2D eigenvalue weighted by Crippen LogP contribution is -2.25. The van der Waals surface area contributed by atoms with Crippen molar-refractivity contribution >= 4 is 11.6 Å². The summed E-state index contributed by atoms with van der Waals surface area (Å²) >= 11 is 0. The molecule has 1 amide bonds. The molecule has 7 heteroatoms. The van der Waals surface area contributed by atoms with Gasteiger partial charge in [-0.3, -0.25) is 9.48 Å². The van der Waals surface area contributed by atoms with Crippen molar-refractivity contribution in [3.05, 3.63) is 36.2 Å². The fourth-order valence-electron chi connectivity index (χ4n) is 2.72. The number of carbonyl (C=O) groups excluding carboxylic acids is 1. The van der Waals surface area contributed by atoms with Gasteiger partial charge in [-0.25, -0.2) is 9.97 Å². The van der Waals surface area contributed by atoms with Crippen LogP contribution in [0.5, 0.6) is 0 Å². The molecule has 1 saturated heterocycles. The van der Waals surface area contributed by atoms with Crippen molar-refractivity contribution in [1.82, 2.24) is 19.7 Å². The van der Waals surface area contributed by atoms with E-state index in [1.807, 2.05) is 24.7 Å². The fourth-order valence-corrected chi connectivity index (χ4v) is 2.72. The van der Waals surface area contributed by atoms with Gasteiger partial charge in [0, 0.05) is 31.3 Å². The number of carbonyl (C=O) groups is 1. The molecule has 3 heterocycles. The van der Waals surface area contributed by atoms with E-state index in [2.05, 4.69) is 20.4 Å². The quantitative estimate of drug-likeness (QED) is 0.912. The highest BCUT2D eigenvalue weighted by Gasteiger charge is 2.36. The highest BCUT2D eigenvalue weighted by molar-refractivity contribution is 5.92. The van der Waals surface area contributed by atoms with Crippen LogP contribution in [0.4, 0.5) is 5.69 Å². The summed E-state index contributed by atoms with van der Waals surface area (Å²) in [5, 5.41) is 7.15. The van der Waals surface area contributed by atoms with Gasteiger partial charge in [-0.05, 0) is 13.3 Å². The van der Waals surface area contributed by atoms with E-state index in [0.29, 0.717) is 18.7 Å². The second kappa shape index (κ2) is 6.87. The maximum atomic E-state index is 12.6. The molecule has 1 fully saturated rings. The van der Waals surface area contributed by atoms with Crippen LogP contribution in [0.25, 0.3) is 0 Å². The summed E-state index contributed by atoms with van der Waals surface area (Å²) in [6.45, 7) is 5.39. The van der Waals surface area contributed by atoms with Gasteiger partial charge in [-0.15, -0.1) is 0 Å². The van der Waals surface area contributed by atoms with Gasteiger partial charge in [0.1, 0.15) is 5.82 Å². The van der Waals surface area contributed by atoms with E-state index < -0.39 is 0 Å². The number of hydrogen-bond acceptors (Lipinski definition) is 5. The van der Waals surface area contributed by atoms with Crippen molar-refractivity contribution in [2.24, 2.45) is 5.92 Å². The van der Waals surface area contributed by atoms with Crippen molar-refractivity contribution in [3.8, 4) is 0 Å². The van der Waals surface area contributed by atoms with Gasteiger partial charge >= 0.3 is 0 Å². The lowest BCUT2D eigenvalue weighted by molar-refractivity contribution is -0.121. The Hall–Kier alpha value is -2.28. The van der Waals surface area contributed by atoms with Crippen LogP contribution in [-0.4, -0.2) is 32.3 Å². The van der Waals surface area contributed by atoms with Crippen molar-refractivity contribution in [2.75, 3.05) is 11.9 Å². The standard InChI is InChI=1S/C16H21N5O2/c1-3-14-17-8-12(9-18-14)20-16(22)13-5-6-23-15(13)11-7-19-21(4-2)10-11/h7-10,13,15H,3-6H2,1-2H3,(H,20,22)/t13-,15+/m0/s1. The van der Waals surface area contributed by atoms with Crippen molar-refractivity contribution in [3.63, 3.8) is 0 Å². The van der Waals surface area contributed by atoms with Crippen molar-refractivity contribution in [1.29, 1.82) is 0 Å². The van der Waals surface area contributed by atoms with Gasteiger partial charge in [0.05, 0.1) is 36.3 Å². The lowest BCUT2D eigenvalue weighted by atomic mass is 9.96. The first-order chi connectivity index (χ1) is 11.2. The smallest absolute Gasteiger partial charge is 0.230 e. The van der Waals surface area contributed by atoms with Crippen LogP contribution in [0.15, 0.2) is 24.8 Å². The van der Waals surface area contributed by atoms with E-state index in [1.54, 1.807) is 18.6 Å². The number of aromatic nitrogens is 4. The van der Waals surface area contributed by atoms with E-state index in [9.17, 15) is 4.79 Å². The van der Waals surface area contributed by atoms with Gasteiger partial charge in [0.25, 0.3) is 0 Å². The first-order valence-electron chi connectivity index (χ1n) is 7.97. The molecule has 2 aromatic heterocycles. The van der Waals surface area contributed by atoms with Crippen LogP contribution in [0.2, 0.25) is 0 Å². The Morgan fingerprint density at radius 2 is 2.13 bits per heavy atom. The summed E-state index contributed by atoms with van der Waals surface area (Å²) < 4.78 is 7.60. The van der Waals surface area contributed by atoms with Crippen LogP contribution in [0.1, 0.15) is 37.8 Å². The first kappa shape index (κ1) is 15.6. The van der Waals surface area contributed by atoms with Crippen LogP contribution in [0, 0.1) is 5.92 Å². The van der Waals surface area contributed by atoms with E-state index in [1.165, 1.54) is 0 Å². The maximum Gasteiger partial charge on any atom is 0.230 e. The Labute approximate surface area is 135 Å². The highest BCUT2D eigenvalue weighted by Crippen LogP contribution is 2.35. The minimum Gasteiger partial charge on any atom is -0.373 e. The zero-order valence-corrected chi connectivity index (χ0v) is 13.4. The molecule has 1 N–H and O–H groups in total. The van der Waals surface area contributed by atoms with Crippen LogP contribution >= 0.6 is 0 Å². The third-order valence-corrected chi connectivity index (χ3v) is 4.02. The number of anilines is 1. The Bertz CT molecular complexity index is 667. The predicted molar refractivity (Wildman–Crippen MR) is 84.7 cm³/mol. The molecule has 0 saturated carbocycles. The van der Waals surface area contributed by atoms with Gasteiger partial charge in [-0.2, -0.15) is 5.10 Å². The Morgan fingerprint density at radius 1 is 1.35 bits per heavy atom. The summed E-state index contributed by atoms with van der Waals surface area (Å²) in [4.78, 5) is 21.0. The zero-order chi connectivity index (χ0) is 16.2. The fraction of sp³-hybridized carbons (Fsp3) is 0.500. The Balaban J connectivity index is 1.69. The number of ether oxygens (including phenoxy) is 1. The summed E-state index contributed by atoms with van der Waals surface area (Å²) in [5.41, 5.74) is 1.56. The zero-order valence-electron chi connectivity index (χ0n) is 13.4. The number of nitrogens with one attached hydrogen (secondary N) is 1. The van der Waals surface area contributed by atoms with E-state index >= 15 is 0 Å². The summed E-state index contributed by atoms with van der Waals surface area (Å²) in [5.74, 6) is 0.469. The molecule has 3 rings (SSSR count). The number of aryl methyl sites for hydroxylation is 2. The van der Waals surface area contributed by atoms with Gasteiger partial charge in [-0.1, -0.05) is 6.92 Å². The van der Waals surface area contributed by atoms with Crippen LogP contribution in [0.3, 0.4) is 0 Å². The number of amides is 1. The molecule has 2 aromatic rings. The molecule has 1 aliphatic heterocycles. The molecular weight excluding hydrogens is 294 g/mol. The topological polar surface area (TPSA) is 81.9 Å². The molecule has 2 atom stereocenters. The van der Waals surface area contributed by atoms with E-state index in [0.717, 1.165) is 24.4 Å². The summed E-state index contributed by atoms with van der Waals surface area (Å²) in [6.07, 6.45) is 8.23. The minimum absolute atomic E-state index is 0.0652. The SMILES string of the molecule is CCc1ncc(NC(=O)[C@H]2CCO[C@@H]2c2cnn(CC)c2)cn1. The Kier molecular flexibility index (Phi) is 4.66. The maximum absolute atomic E-state index is 12.6. The van der Waals surface area contributed by atoms with Crippen LogP contribution in [-0.2, 0) is 22.5 Å². The normalized spacial score (nSPS) is 20.6. The van der Waals surface area contributed by atoms with E-state index in [4.69, 9.17) is 4.74 Å². The van der Waals surface area contributed by atoms with Crippen molar-refractivity contribution in [2.45, 2.75) is 39.3 Å². The molecule has 0 aliphatic carbocycles. The molecule has 1 aliphatic rings. The molecular formula is C16H21N5O2. The largest absolute Gasteiger partial charge is 0.373 e. The van der Waals surface area contributed by atoms with Gasteiger partial charge in [0.2, 0.25) is 5.91 Å². The number of hydrogen-bond donors (Lipinski definition) is 1. The summed E-state index contributed by atoms with van der Waals surface area (Å²) in [6, 6.07) is 0. The second-order valence-corrected chi connectivity index (χ2v) is 5.55. The molecule has 7 nitrogen and oxygen atoms in total. The number of nitrogens with zero attached hydrogens (tertiary/aromatic N) is 4. The third-order valence-electron chi connectivity index (χ3n) is 4.02. The lowest BCUT2D eigenvalue weighted by Gasteiger charge is -2.16. The molecule has 0 radical (unpaired) electrons. The third kappa shape index (κ3) is 3.39. The van der Waals surface area contributed by atoms with Crippen LogP contribution < -0.4 is 5.32 Å². The monoisotopic (exact) mass is 315 g/mol. The molecule has 0 unspecified atom stereocenters. The Morgan fingerprint density at radius 3 is 2.78 bits per heavy atom. The van der Waals surface area contributed by atoms with Gasteiger partial charge < -0.3 is 10.1 Å². The molecule has 23 heavy (non-hydrogen) atoms. The second-order valence-electron chi connectivity index (χ2n) is 5.55. The average molecular weight is 315 g/mol. The molecule has 0 aromatic carbocycles. The van der Waals surface area contributed by atoms with Gasteiger partial charge in [0.15, 0.2) is 0 Å². The predicted octanol–water partition coefficient (Wildman–Crippen LogP) is 1.97. The molecule has 0 spiro atoms. The van der Waals surface area contributed by atoms with Crippen molar-refractivity contribution < 1.29 is 9.53 Å². The first-order valence-corrected chi connectivity index (χ1v) is 7.97. The summed E-state index contributed by atoms with van der Waals surface area (Å²) in [7, 11) is 0. The molecule has 0 bridgehead atoms. The minimum atomic E-state index is -0.244. The highest BCUT2D eigenvalue weighted by atomic mass is 16.5. The molecule has 122 valence electrons. The van der Waals surface area contributed by atoms with E-state index in [-0.39, 0.29) is 17.9 Å².